The topological polar surface area (TPSA) is 68.0 Å². The summed E-state index contributed by atoms with van der Waals surface area (Å²) in [5, 5.41) is 7.71. The molecule has 3 aromatic rings. The molecule has 0 saturated heterocycles. The summed E-state index contributed by atoms with van der Waals surface area (Å²) < 4.78 is 5.08. The van der Waals surface area contributed by atoms with Crippen LogP contribution in [0, 0.1) is 13.8 Å². The van der Waals surface area contributed by atoms with Crippen LogP contribution in [-0.4, -0.2) is 16.0 Å². The summed E-state index contributed by atoms with van der Waals surface area (Å²) in [7, 11) is 0. The average Bonchev–Trinajstić information content (AvgIpc) is 3.16. The molecule has 2 heterocycles. The zero-order valence-electron chi connectivity index (χ0n) is 13.9. The Morgan fingerprint density at radius 3 is 2.58 bits per heavy atom. The molecule has 3 rings (SSSR count). The van der Waals surface area contributed by atoms with Gasteiger partial charge in [0, 0.05) is 16.6 Å². The van der Waals surface area contributed by atoms with E-state index in [1.807, 2.05) is 51.2 Å². The zero-order valence-corrected chi connectivity index (χ0v) is 14.7. The van der Waals surface area contributed by atoms with Crippen LogP contribution < -0.4 is 5.32 Å². The molecular weight excluding hydrogens is 322 g/mol. The Bertz CT molecular complexity index is 836. The van der Waals surface area contributed by atoms with Gasteiger partial charge in [-0.2, -0.15) is 0 Å². The highest BCUT2D eigenvalue weighted by molar-refractivity contribution is 7.11. The fourth-order valence-electron chi connectivity index (χ4n) is 2.49. The van der Waals surface area contributed by atoms with E-state index in [9.17, 15) is 4.79 Å². The standard InChI is InChI=1S/C18H19N3O2S/c1-11-9-19-18(24-11)12(2)21-17(22)8-14-4-6-15(7-5-14)16-10-20-23-13(16)3/h4-7,9-10,12H,8H2,1-3H3,(H,21,22)/t12-/m1/s1. The molecule has 0 spiro atoms. The first-order valence-corrected chi connectivity index (χ1v) is 8.57. The highest BCUT2D eigenvalue weighted by atomic mass is 32.1. The van der Waals surface area contributed by atoms with E-state index in [4.69, 9.17) is 4.52 Å². The van der Waals surface area contributed by atoms with Crippen molar-refractivity contribution in [1.82, 2.24) is 15.5 Å². The van der Waals surface area contributed by atoms with Gasteiger partial charge < -0.3 is 9.84 Å². The third-order valence-electron chi connectivity index (χ3n) is 3.77. The molecule has 6 heteroatoms. The number of carbonyl (C=O) groups excluding carboxylic acids is 1. The first-order chi connectivity index (χ1) is 11.5. The van der Waals surface area contributed by atoms with Gasteiger partial charge in [0.15, 0.2) is 0 Å². The smallest absolute Gasteiger partial charge is 0.224 e. The summed E-state index contributed by atoms with van der Waals surface area (Å²) in [6.07, 6.45) is 3.88. The van der Waals surface area contributed by atoms with Crippen LogP contribution in [0.1, 0.15) is 34.2 Å². The lowest BCUT2D eigenvalue weighted by Gasteiger charge is -2.11. The Morgan fingerprint density at radius 1 is 1.25 bits per heavy atom. The summed E-state index contributed by atoms with van der Waals surface area (Å²) >= 11 is 1.61. The van der Waals surface area contributed by atoms with E-state index in [0.717, 1.165) is 32.3 Å². The van der Waals surface area contributed by atoms with Gasteiger partial charge in [0.2, 0.25) is 5.91 Å². The number of carbonyl (C=O) groups is 1. The van der Waals surface area contributed by atoms with Crippen LogP contribution in [0.4, 0.5) is 0 Å². The first kappa shape index (κ1) is 16.4. The fourth-order valence-corrected chi connectivity index (χ4v) is 3.27. The number of amides is 1. The van der Waals surface area contributed by atoms with Gasteiger partial charge in [0.25, 0.3) is 0 Å². The Morgan fingerprint density at radius 2 is 2.00 bits per heavy atom. The van der Waals surface area contributed by atoms with Crippen molar-refractivity contribution >= 4 is 17.2 Å². The van der Waals surface area contributed by atoms with Crippen molar-refractivity contribution in [2.75, 3.05) is 0 Å². The normalized spacial score (nSPS) is 12.1. The molecule has 0 fully saturated rings. The highest BCUT2D eigenvalue weighted by Gasteiger charge is 2.13. The predicted molar refractivity (Wildman–Crippen MR) is 93.8 cm³/mol. The maximum atomic E-state index is 12.2. The van der Waals surface area contributed by atoms with E-state index in [-0.39, 0.29) is 11.9 Å². The number of aromatic nitrogens is 2. The summed E-state index contributed by atoms with van der Waals surface area (Å²) in [5.74, 6) is 0.775. The first-order valence-electron chi connectivity index (χ1n) is 7.75. The fraction of sp³-hybridized carbons (Fsp3) is 0.278. The molecule has 0 aliphatic carbocycles. The summed E-state index contributed by atoms with van der Waals surface area (Å²) in [5.41, 5.74) is 2.97. The number of rotatable bonds is 5. The van der Waals surface area contributed by atoms with Gasteiger partial charge in [0.1, 0.15) is 10.8 Å². The molecule has 0 saturated carbocycles. The van der Waals surface area contributed by atoms with Crippen molar-refractivity contribution in [1.29, 1.82) is 0 Å². The number of benzene rings is 1. The summed E-state index contributed by atoms with van der Waals surface area (Å²) in [6.45, 7) is 5.84. The van der Waals surface area contributed by atoms with Crippen molar-refractivity contribution in [3.05, 3.63) is 57.9 Å². The number of nitrogens with zero attached hydrogens (tertiary/aromatic N) is 2. The molecule has 1 amide bonds. The van der Waals surface area contributed by atoms with E-state index in [1.54, 1.807) is 17.5 Å². The molecule has 0 radical (unpaired) electrons. The third kappa shape index (κ3) is 3.71. The van der Waals surface area contributed by atoms with Gasteiger partial charge in [-0.1, -0.05) is 29.4 Å². The lowest BCUT2D eigenvalue weighted by atomic mass is 10.0. The van der Waals surface area contributed by atoms with E-state index < -0.39 is 0 Å². The Hall–Kier alpha value is -2.47. The number of aryl methyl sites for hydroxylation is 2. The largest absolute Gasteiger partial charge is 0.361 e. The monoisotopic (exact) mass is 341 g/mol. The second kappa shape index (κ2) is 6.97. The lowest BCUT2D eigenvalue weighted by Crippen LogP contribution is -2.28. The SMILES string of the molecule is Cc1cnc([C@@H](C)NC(=O)Cc2ccc(-c3cnoc3C)cc2)s1. The van der Waals surface area contributed by atoms with Crippen molar-refractivity contribution in [2.24, 2.45) is 0 Å². The number of nitrogens with one attached hydrogen (secondary N) is 1. The van der Waals surface area contributed by atoms with E-state index >= 15 is 0 Å². The number of hydrogen-bond donors (Lipinski definition) is 1. The minimum Gasteiger partial charge on any atom is -0.361 e. The van der Waals surface area contributed by atoms with Crippen LogP contribution in [0.5, 0.6) is 0 Å². The highest BCUT2D eigenvalue weighted by Crippen LogP contribution is 2.23. The van der Waals surface area contributed by atoms with Crippen LogP contribution in [0.15, 0.2) is 41.2 Å². The quantitative estimate of drug-likeness (QED) is 0.766. The second-order valence-electron chi connectivity index (χ2n) is 5.77. The van der Waals surface area contributed by atoms with Crippen molar-refractivity contribution < 1.29 is 9.32 Å². The van der Waals surface area contributed by atoms with Crippen molar-refractivity contribution in [3.8, 4) is 11.1 Å². The molecule has 1 atom stereocenters. The Balaban J connectivity index is 1.61. The molecular formula is C18H19N3O2S. The predicted octanol–water partition coefficient (Wildman–Crippen LogP) is 3.83. The van der Waals surface area contributed by atoms with Crippen LogP contribution in [0.2, 0.25) is 0 Å². The molecule has 0 unspecified atom stereocenters. The Kier molecular flexibility index (Phi) is 4.76. The summed E-state index contributed by atoms with van der Waals surface area (Å²) in [4.78, 5) is 17.7. The van der Waals surface area contributed by atoms with Gasteiger partial charge >= 0.3 is 0 Å². The van der Waals surface area contributed by atoms with Crippen molar-refractivity contribution in [3.63, 3.8) is 0 Å². The molecule has 0 bridgehead atoms. The lowest BCUT2D eigenvalue weighted by molar-refractivity contribution is -0.121. The minimum absolute atomic E-state index is 0.00994. The molecule has 0 aliphatic heterocycles. The molecule has 0 aliphatic rings. The van der Waals surface area contributed by atoms with Gasteiger partial charge in [-0.3, -0.25) is 4.79 Å². The average molecular weight is 341 g/mol. The summed E-state index contributed by atoms with van der Waals surface area (Å²) in [6, 6.07) is 7.81. The van der Waals surface area contributed by atoms with Crippen LogP contribution in [0.25, 0.3) is 11.1 Å². The molecule has 24 heavy (non-hydrogen) atoms. The molecule has 1 aromatic carbocycles. The maximum Gasteiger partial charge on any atom is 0.224 e. The van der Waals surface area contributed by atoms with E-state index in [2.05, 4.69) is 15.5 Å². The Labute approximate surface area is 144 Å². The van der Waals surface area contributed by atoms with Crippen molar-refractivity contribution in [2.45, 2.75) is 33.2 Å². The third-order valence-corrected chi connectivity index (χ3v) is 4.86. The van der Waals surface area contributed by atoms with Crippen LogP contribution in [0.3, 0.4) is 0 Å². The molecule has 1 N–H and O–H groups in total. The molecule has 2 aromatic heterocycles. The zero-order chi connectivity index (χ0) is 17.1. The molecule has 5 nitrogen and oxygen atoms in total. The van der Waals surface area contributed by atoms with Gasteiger partial charge in [-0.05, 0) is 31.9 Å². The second-order valence-corrected chi connectivity index (χ2v) is 7.03. The minimum atomic E-state index is -0.0740. The van der Waals surface area contributed by atoms with Crippen LogP contribution in [-0.2, 0) is 11.2 Å². The van der Waals surface area contributed by atoms with Gasteiger partial charge in [-0.15, -0.1) is 11.3 Å². The van der Waals surface area contributed by atoms with E-state index in [1.165, 1.54) is 0 Å². The van der Waals surface area contributed by atoms with Gasteiger partial charge in [0.05, 0.1) is 18.7 Å². The number of hydrogen-bond acceptors (Lipinski definition) is 5. The van der Waals surface area contributed by atoms with E-state index in [0.29, 0.717) is 6.42 Å². The number of thiazole rings is 1. The van der Waals surface area contributed by atoms with Crippen LogP contribution >= 0.6 is 11.3 Å². The van der Waals surface area contributed by atoms with Gasteiger partial charge in [-0.25, -0.2) is 4.98 Å². The maximum absolute atomic E-state index is 12.2. The molecule has 124 valence electrons.